The second kappa shape index (κ2) is 8.91. The van der Waals surface area contributed by atoms with Crippen LogP contribution in [0.25, 0.3) is 0 Å². The molecule has 1 aliphatic heterocycles. The van der Waals surface area contributed by atoms with Crippen molar-refractivity contribution >= 4 is 21.6 Å². The first-order valence-electron chi connectivity index (χ1n) is 7.55. The van der Waals surface area contributed by atoms with E-state index in [9.17, 15) is 17.2 Å². The van der Waals surface area contributed by atoms with E-state index in [1.54, 1.807) is 0 Å². The third kappa shape index (κ3) is 5.82. The molecule has 0 aromatic heterocycles. The summed E-state index contributed by atoms with van der Waals surface area (Å²) in [6.07, 6.45) is 0.680. The van der Waals surface area contributed by atoms with Gasteiger partial charge in [-0.2, -0.15) is 8.78 Å². The SMILES string of the molecule is O=S(=O)(NCCCN1CCNCC1)c1ccc(OC(F)F)c(Cl)c1. The molecule has 1 aromatic carbocycles. The van der Waals surface area contributed by atoms with E-state index >= 15 is 0 Å². The van der Waals surface area contributed by atoms with E-state index in [4.69, 9.17) is 11.6 Å². The lowest BCUT2D eigenvalue weighted by molar-refractivity contribution is -0.0498. The molecule has 0 amide bonds. The van der Waals surface area contributed by atoms with Gasteiger partial charge in [0, 0.05) is 32.7 Å². The monoisotopic (exact) mass is 383 g/mol. The Morgan fingerprint density at radius 3 is 2.67 bits per heavy atom. The molecule has 0 atom stereocenters. The van der Waals surface area contributed by atoms with Crippen molar-refractivity contribution in [2.75, 3.05) is 39.3 Å². The highest BCUT2D eigenvalue weighted by Gasteiger charge is 2.17. The summed E-state index contributed by atoms with van der Waals surface area (Å²) in [7, 11) is -3.74. The van der Waals surface area contributed by atoms with Crippen molar-refractivity contribution in [3.05, 3.63) is 23.2 Å². The first-order valence-corrected chi connectivity index (χ1v) is 9.42. The first kappa shape index (κ1) is 19.3. The van der Waals surface area contributed by atoms with Gasteiger partial charge in [-0.05, 0) is 31.2 Å². The van der Waals surface area contributed by atoms with Crippen LogP contribution >= 0.6 is 11.6 Å². The quantitative estimate of drug-likeness (QED) is 0.666. The number of hydrogen-bond acceptors (Lipinski definition) is 5. The average molecular weight is 384 g/mol. The third-order valence-electron chi connectivity index (χ3n) is 3.58. The lowest BCUT2D eigenvalue weighted by Gasteiger charge is -2.27. The summed E-state index contributed by atoms with van der Waals surface area (Å²) < 4.78 is 55.4. The fourth-order valence-electron chi connectivity index (χ4n) is 2.37. The van der Waals surface area contributed by atoms with E-state index < -0.39 is 16.6 Å². The van der Waals surface area contributed by atoms with Crippen molar-refractivity contribution in [3.63, 3.8) is 0 Å². The molecular weight excluding hydrogens is 364 g/mol. The Labute approximate surface area is 145 Å². The molecule has 136 valence electrons. The van der Waals surface area contributed by atoms with Gasteiger partial charge in [-0.25, -0.2) is 13.1 Å². The summed E-state index contributed by atoms with van der Waals surface area (Å²) in [5, 5.41) is 3.07. The molecule has 6 nitrogen and oxygen atoms in total. The normalized spacial score (nSPS) is 16.5. The standard InChI is InChI=1S/C14H20ClF2N3O3S/c15-12-10-11(2-3-13(12)23-14(16)17)24(21,22)19-4-1-7-20-8-5-18-6-9-20/h2-3,10,14,18-19H,1,4-9H2. The van der Waals surface area contributed by atoms with Crippen LogP contribution in [0.2, 0.25) is 5.02 Å². The van der Waals surface area contributed by atoms with Crippen LogP contribution in [0.15, 0.2) is 23.1 Å². The van der Waals surface area contributed by atoms with Gasteiger partial charge < -0.3 is 15.0 Å². The van der Waals surface area contributed by atoms with Crippen LogP contribution in [0, 0.1) is 0 Å². The molecule has 2 N–H and O–H groups in total. The van der Waals surface area contributed by atoms with Gasteiger partial charge in [-0.3, -0.25) is 0 Å². The number of nitrogens with one attached hydrogen (secondary N) is 2. The average Bonchev–Trinajstić information content (AvgIpc) is 2.54. The lowest BCUT2D eigenvalue weighted by atomic mass is 10.3. The molecule has 0 aliphatic carbocycles. The third-order valence-corrected chi connectivity index (χ3v) is 5.34. The fourth-order valence-corrected chi connectivity index (χ4v) is 3.76. The van der Waals surface area contributed by atoms with Crippen LogP contribution in [0.1, 0.15) is 6.42 Å². The maximum atomic E-state index is 12.2. The summed E-state index contributed by atoms with van der Waals surface area (Å²) in [5.41, 5.74) is 0. The molecule has 0 saturated carbocycles. The van der Waals surface area contributed by atoms with Crippen molar-refractivity contribution in [1.29, 1.82) is 0 Å². The van der Waals surface area contributed by atoms with E-state index in [-0.39, 0.29) is 15.7 Å². The first-order chi connectivity index (χ1) is 11.4. The van der Waals surface area contributed by atoms with Crippen LogP contribution in [-0.4, -0.2) is 59.2 Å². The number of alkyl halides is 2. The van der Waals surface area contributed by atoms with Crippen molar-refractivity contribution in [2.45, 2.75) is 17.9 Å². The predicted octanol–water partition coefficient (Wildman–Crippen LogP) is 1.52. The van der Waals surface area contributed by atoms with Gasteiger partial charge >= 0.3 is 6.61 Å². The topological polar surface area (TPSA) is 70.7 Å². The minimum atomic E-state index is -3.74. The van der Waals surface area contributed by atoms with E-state index in [1.807, 2.05) is 0 Å². The highest BCUT2D eigenvalue weighted by atomic mass is 35.5. The zero-order valence-corrected chi connectivity index (χ0v) is 14.5. The van der Waals surface area contributed by atoms with Crippen LogP contribution in [0.3, 0.4) is 0 Å². The molecule has 1 aromatic rings. The maximum Gasteiger partial charge on any atom is 0.387 e. The summed E-state index contributed by atoms with van der Waals surface area (Å²) in [5.74, 6) is -0.260. The molecule has 0 spiro atoms. The number of halogens is 3. The number of rotatable bonds is 8. The Kier molecular flexibility index (Phi) is 7.17. The largest absolute Gasteiger partial charge is 0.433 e. The number of sulfonamides is 1. The Balaban J connectivity index is 1.86. The number of hydrogen-bond donors (Lipinski definition) is 2. The van der Waals surface area contributed by atoms with E-state index in [0.29, 0.717) is 13.0 Å². The summed E-state index contributed by atoms with van der Waals surface area (Å²) in [6, 6.07) is 3.39. The molecule has 1 fully saturated rings. The maximum absolute atomic E-state index is 12.2. The van der Waals surface area contributed by atoms with Gasteiger partial charge in [0.05, 0.1) is 9.92 Å². The highest BCUT2D eigenvalue weighted by molar-refractivity contribution is 7.89. The van der Waals surface area contributed by atoms with Crippen molar-refractivity contribution in [2.24, 2.45) is 0 Å². The van der Waals surface area contributed by atoms with Crippen molar-refractivity contribution < 1.29 is 21.9 Å². The Bertz CT molecular complexity index is 640. The van der Waals surface area contributed by atoms with Crippen molar-refractivity contribution in [3.8, 4) is 5.75 Å². The van der Waals surface area contributed by atoms with Crippen LogP contribution < -0.4 is 14.8 Å². The minimum Gasteiger partial charge on any atom is -0.433 e. The molecule has 1 aliphatic rings. The van der Waals surface area contributed by atoms with Gasteiger partial charge in [-0.1, -0.05) is 11.6 Å². The smallest absolute Gasteiger partial charge is 0.387 e. The molecule has 2 rings (SSSR count). The van der Waals surface area contributed by atoms with Crippen LogP contribution in [-0.2, 0) is 10.0 Å². The van der Waals surface area contributed by atoms with Gasteiger partial charge in [-0.15, -0.1) is 0 Å². The van der Waals surface area contributed by atoms with Gasteiger partial charge in [0.2, 0.25) is 10.0 Å². The Morgan fingerprint density at radius 1 is 1.33 bits per heavy atom. The van der Waals surface area contributed by atoms with Gasteiger partial charge in [0.1, 0.15) is 5.75 Å². The minimum absolute atomic E-state index is 0.0868. The molecule has 1 heterocycles. The number of piperazine rings is 1. The van der Waals surface area contributed by atoms with Crippen LogP contribution in [0.4, 0.5) is 8.78 Å². The van der Waals surface area contributed by atoms with E-state index in [0.717, 1.165) is 44.9 Å². The predicted molar refractivity (Wildman–Crippen MR) is 87.2 cm³/mol. The second-order valence-electron chi connectivity index (χ2n) is 5.31. The zero-order chi connectivity index (χ0) is 17.6. The number of nitrogens with zero attached hydrogens (tertiary/aromatic N) is 1. The molecular formula is C14H20ClF2N3O3S. The van der Waals surface area contributed by atoms with Gasteiger partial charge in [0.15, 0.2) is 0 Å². The highest BCUT2D eigenvalue weighted by Crippen LogP contribution is 2.28. The van der Waals surface area contributed by atoms with E-state index in [1.165, 1.54) is 6.07 Å². The fraction of sp³-hybridized carbons (Fsp3) is 0.571. The molecule has 0 radical (unpaired) electrons. The second-order valence-corrected chi connectivity index (χ2v) is 7.49. The summed E-state index contributed by atoms with van der Waals surface area (Å²) in [4.78, 5) is 2.18. The van der Waals surface area contributed by atoms with Crippen LogP contribution in [0.5, 0.6) is 5.75 Å². The molecule has 1 saturated heterocycles. The van der Waals surface area contributed by atoms with Crippen molar-refractivity contribution in [1.82, 2.24) is 14.9 Å². The molecule has 24 heavy (non-hydrogen) atoms. The van der Waals surface area contributed by atoms with Gasteiger partial charge in [0.25, 0.3) is 0 Å². The molecule has 0 unspecified atom stereocenters. The Morgan fingerprint density at radius 2 is 2.04 bits per heavy atom. The molecule has 0 bridgehead atoms. The zero-order valence-electron chi connectivity index (χ0n) is 13.0. The lowest BCUT2D eigenvalue weighted by Crippen LogP contribution is -2.44. The molecule has 10 heteroatoms. The Hall–Kier alpha value is -1.00. The summed E-state index contributed by atoms with van der Waals surface area (Å²) in [6.45, 7) is 1.87. The van der Waals surface area contributed by atoms with E-state index in [2.05, 4.69) is 19.7 Å². The number of ether oxygens (including phenoxy) is 1. The number of benzene rings is 1. The summed E-state index contributed by atoms with van der Waals surface area (Å²) >= 11 is 5.78.